The Balaban J connectivity index is 2.55. The van der Waals surface area contributed by atoms with Crippen LogP contribution >= 0.6 is 0 Å². The lowest BCUT2D eigenvalue weighted by atomic mass is 10.0. The maximum Gasteiger partial charge on any atom is 0.336 e. The number of hydrogen-bond donors (Lipinski definition) is 2. The Morgan fingerprint density at radius 1 is 1.28 bits per heavy atom. The van der Waals surface area contributed by atoms with Gasteiger partial charge in [0.2, 0.25) is 5.56 Å². The van der Waals surface area contributed by atoms with E-state index >= 15 is 0 Å². The number of aromatic amines is 1. The van der Waals surface area contributed by atoms with E-state index in [-0.39, 0.29) is 5.56 Å². The van der Waals surface area contributed by atoms with Crippen molar-refractivity contribution >= 4 is 5.97 Å². The first-order valence-electron chi connectivity index (χ1n) is 5.67. The fourth-order valence-corrected chi connectivity index (χ4v) is 1.81. The molecule has 18 heavy (non-hydrogen) atoms. The predicted molar refractivity (Wildman–Crippen MR) is 68.8 cm³/mol. The number of H-pyrrole nitrogens is 1. The molecule has 2 aromatic rings. The Bertz CT molecular complexity index is 626. The van der Waals surface area contributed by atoms with Gasteiger partial charge in [-0.2, -0.15) is 0 Å². The van der Waals surface area contributed by atoms with Gasteiger partial charge in [-0.25, -0.2) is 4.79 Å². The average Bonchev–Trinajstić information content (AvgIpc) is 2.39. The van der Waals surface area contributed by atoms with Crippen molar-refractivity contribution in [2.24, 2.45) is 0 Å². The third-order valence-electron chi connectivity index (χ3n) is 2.83. The van der Waals surface area contributed by atoms with Crippen LogP contribution in [0.2, 0.25) is 0 Å². The molecule has 2 N–H and O–H groups in total. The molecular weight excluding hydrogens is 230 g/mol. The second-order valence-corrected chi connectivity index (χ2v) is 3.98. The summed E-state index contributed by atoms with van der Waals surface area (Å²) >= 11 is 0. The summed E-state index contributed by atoms with van der Waals surface area (Å²) in [7, 11) is 0. The largest absolute Gasteiger partial charge is 0.478 e. The number of rotatable bonds is 3. The predicted octanol–water partition coefficient (Wildman–Crippen LogP) is 2.30. The highest BCUT2D eigenvalue weighted by molar-refractivity contribution is 5.95. The fraction of sp³-hybridized carbons (Fsp3) is 0.143. The van der Waals surface area contributed by atoms with Crippen LogP contribution < -0.4 is 5.56 Å². The second kappa shape index (κ2) is 4.87. The van der Waals surface area contributed by atoms with Crippen LogP contribution in [0.1, 0.15) is 22.8 Å². The van der Waals surface area contributed by atoms with Crippen molar-refractivity contribution in [1.29, 1.82) is 0 Å². The zero-order chi connectivity index (χ0) is 13.1. The summed E-state index contributed by atoms with van der Waals surface area (Å²) < 4.78 is 0. The van der Waals surface area contributed by atoms with E-state index in [1.54, 1.807) is 0 Å². The molecule has 92 valence electrons. The summed E-state index contributed by atoms with van der Waals surface area (Å²) in [5, 5.41) is 9.10. The number of aromatic nitrogens is 1. The molecule has 0 atom stereocenters. The van der Waals surface area contributed by atoms with Crippen molar-refractivity contribution in [2.45, 2.75) is 13.3 Å². The third kappa shape index (κ3) is 2.32. The number of carbonyl (C=O) groups is 1. The van der Waals surface area contributed by atoms with Crippen LogP contribution in [0.15, 0.2) is 41.3 Å². The summed E-state index contributed by atoms with van der Waals surface area (Å²) in [5.74, 6) is -1.10. The SMILES string of the molecule is CCc1ccc(-c2c[nH]c(=O)cc2C(=O)O)cc1. The van der Waals surface area contributed by atoms with Gasteiger partial charge in [0.25, 0.3) is 0 Å². The van der Waals surface area contributed by atoms with Gasteiger partial charge >= 0.3 is 5.97 Å². The van der Waals surface area contributed by atoms with Gasteiger partial charge in [0.05, 0.1) is 5.56 Å². The molecule has 0 radical (unpaired) electrons. The monoisotopic (exact) mass is 243 g/mol. The summed E-state index contributed by atoms with van der Waals surface area (Å²) in [6.45, 7) is 2.05. The van der Waals surface area contributed by atoms with E-state index in [9.17, 15) is 9.59 Å². The zero-order valence-corrected chi connectivity index (χ0v) is 9.93. The van der Waals surface area contributed by atoms with E-state index in [0.717, 1.165) is 18.1 Å². The van der Waals surface area contributed by atoms with Gasteiger partial charge in [-0.1, -0.05) is 31.2 Å². The van der Waals surface area contributed by atoms with Crippen molar-refractivity contribution in [3.63, 3.8) is 0 Å². The molecule has 0 spiro atoms. The second-order valence-electron chi connectivity index (χ2n) is 3.98. The van der Waals surface area contributed by atoms with E-state index in [1.807, 2.05) is 24.3 Å². The summed E-state index contributed by atoms with van der Waals surface area (Å²) in [6.07, 6.45) is 2.37. The molecule has 1 aromatic heterocycles. The van der Waals surface area contributed by atoms with E-state index in [4.69, 9.17) is 5.11 Å². The first-order chi connectivity index (χ1) is 8.61. The lowest BCUT2D eigenvalue weighted by molar-refractivity contribution is 0.0697. The Kier molecular flexibility index (Phi) is 3.28. The molecule has 2 rings (SSSR count). The quantitative estimate of drug-likeness (QED) is 0.869. The number of carboxylic acids is 1. The van der Waals surface area contributed by atoms with Crippen LogP contribution in [0.5, 0.6) is 0 Å². The number of aryl methyl sites for hydroxylation is 1. The molecule has 0 aliphatic carbocycles. The normalized spacial score (nSPS) is 10.3. The number of carboxylic acid groups (broad SMARTS) is 1. The molecule has 1 heterocycles. The number of pyridine rings is 1. The lowest BCUT2D eigenvalue weighted by Gasteiger charge is -2.06. The highest BCUT2D eigenvalue weighted by Crippen LogP contribution is 2.22. The molecule has 0 unspecified atom stereocenters. The van der Waals surface area contributed by atoms with Crippen molar-refractivity contribution < 1.29 is 9.90 Å². The first-order valence-corrected chi connectivity index (χ1v) is 5.67. The average molecular weight is 243 g/mol. The fourth-order valence-electron chi connectivity index (χ4n) is 1.81. The highest BCUT2D eigenvalue weighted by atomic mass is 16.4. The van der Waals surface area contributed by atoms with Crippen molar-refractivity contribution in [3.05, 3.63) is 58.0 Å². The summed E-state index contributed by atoms with van der Waals surface area (Å²) in [6, 6.07) is 8.72. The molecule has 4 heteroatoms. The van der Waals surface area contributed by atoms with Gasteiger partial charge in [0.15, 0.2) is 0 Å². The molecular formula is C14H13NO3. The number of hydrogen-bond acceptors (Lipinski definition) is 2. The zero-order valence-electron chi connectivity index (χ0n) is 9.93. The van der Waals surface area contributed by atoms with Gasteiger partial charge in [-0.3, -0.25) is 4.79 Å². The smallest absolute Gasteiger partial charge is 0.336 e. The Hall–Kier alpha value is -2.36. The molecule has 0 fully saturated rings. The van der Waals surface area contributed by atoms with E-state index in [0.29, 0.717) is 5.56 Å². The van der Waals surface area contributed by atoms with Crippen LogP contribution in [0, 0.1) is 0 Å². The van der Waals surface area contributed by atoms with Crippen LogP contribution in [0.25, 0.3) is 11.1 Å². The standard InChI is InChI=1S/C14H13NO3/c1-2-9-3-5-10(6-4-9)12-8-15-13(16)7-11(12)14(17)18/h3-8H,2H2,1H3,(H,15,16)(H,17,18). The van der Waals surface area contributed by atoms with Crippen molar-refractivity contribution in [3.8, 4) is 11.1 Å². The molecule has 0 bridgehead atoms. The van der Waals surface area contributed by atoms with Crippen molar-refractivity contribution in [1.82, 2.24) is 4.98 Å². The molecule has 1 aromatic carbocycles. The van der Waals surface area contributed by atoms with Crippen molar-refractivity contribution in [2.75, 3.05) is 0 Å². The molecule has 0 aliphatic heterocycles. The maximum absolute atomic E-state index is 11.2. The Morgan fingerprint density at radius 3 is 2.50 bits per heavy atom. The molecule has 0 amide bonds. The minimum atomic E-state index is -1.10. The summed E-state index contributed by atoms with van der Waals surface area (Å²) in [5.41, 5.74) is 2.08. The van der Waals surface area contributed by atoms with Gasteiger partial charge in [0.1, 0.15) is 0 Å². The van der Waals surface area contributed by atoms with Crippen LogP contribution in [-0.4, -0.2) is 16.1 Å². The Labute approximate surface area is 104 Å². The molecule has 0 saturated carbocycles. The van der Waals surface area contributed by atoms with Gasteiger partial charge < -0.3 is 10.1 Å². The van der Waals surface area contributed by atoms with E-state index in [1.165, 1.54) is 11.8 Å². The summed E-state index contributed by atoms with van der Waals surface area (Å²) in [4.78, 5) is 24.8. The Morgan fingerprint density at radius 2 is 1.94 bits per heavy atom. The molecule has 4 nitrogen and oxygen atoms in total. The van der Waals surface area contributed by atoms with Crippen LogP contribution in [0.3, 0.4) is 0 Å². The maximum atomic E-state index is 11.2. The number of aromatic carboxylic acids is 1. The van der Waals surface area contributed by atoms with E-state index < -0.39 is 11.5 Å². The third-order valence-corrected chi connectivity index (χ3v) is 2.83. The van der Waals surface area contributed by atoms with Gasteiger partial charge in [-0.05, 0) is 17.5 Å². The van der Waals surface area contributed by atoms with E-state index in [2.05, 4.69) is 11.9 Å². The number of benzene rings is 1. The molecule has 0 saturated heterocycles. The molecule has 0 aliphatic rings. The first kappa shape index (κ1) is 12.1. The lowest BCUT2D eigenvalue weighted by Crippen LogP contribution is -2.10. The van der Waals surface area contributed by atoms with Gasteiger partial charge in [0, 0.05) is 17.8 Å². The minimum absolute atomic E-state index is 0.0167. The van der Waals surface area contributed by atoms with Gasteiger partial charge in [-0.15, -0.1) is 0 Å². The highest BCUT2D eigenvalue weighted by Gasteiger charge is 2.12. The number of nitrogens with one attached hydrogen (secondary N) is 1. The van der Waals surface area contributed by atoms with Crippen LogP contribution in [-0.2, 0) is 6.42 Å². The topological polar surface area (TPSA) is 70.2 Å². The minimum Gasteiger partial charge on any atom is -0.478 e. The van der Waals surface area contributed by atoms with Crippen LogP contribution in [0.4, 0.5) is 0 Å².